The Hall–Kier alpha value is -0.850. The number of hydrogen-bond acceptors (Lipinski definition) is 1. The first-order valence-corrected chi connectivity index (χ1v) is 5.97. The van der Waals surface area contributed by atoms with Gasteiger partial charge in [-0.15, -0.1) is 0 Å². The summed E-state index contributed by atoms with van der Waals surface area (Å²) in [6.45, 7) is 6.70. The van der Waals surface area contributed by atoms with Gasteiger partial charge in [0, 0.05) is 6.42 Å². The molecule has 0 aromatic heterocycles. The molecule has 1 heteroatoms. The molecule has 1 atom stereocenters. The van der Waals surface area contributed by atoms with Crippen molar-refractivity contribution < 1.29 is 4.79 Å². The molecule has 0 heterocycles. The summed E-state index contributed by atoms with van der Waals surface area (Å²) in [6.07, 6.45) is 4.50. The van der Waals surface area contributed by atoms with Gasteiger partial charge in [-0.1, -0.05) is 19.4 Å². The molecule has 0 aromatic carbocycles. The quantitative estimate of drug-likeness (QED) is 0.588. The molecule has 3 rings (SSSR count). The maximum Gasteiger partial charge on any atom is 0.159 e. The van der Waals surface area contributed by atoms with Gasteiger partial charge >= 0.3 is 0 Å². The summed E-state index contributed by atoms with van der Waals surface area (Å²) in [7, 11) is 0. The molecule has 0 N–H and O–H groups in total. The number of allylic oxidation sites excluding steroid dienone is 4. The Balaban J connectivity index is 2.16. The van der Waals surface area contributed by atoms with Gasteiger partial charge in [0.05, 0.1) is 0 Å². The molecule has 0 spiro atoms. The topological polar surface area (TPSA) is 17.1 Å². The van der Waals surface area contributed by atoms with E-state index in [0.29, 0.717) is 17.1 Å². The predicted octanol–water partition coefficient (Wildman–Crippen LogP) is 3.41. The van der Waals surface area contributed by atoms with Crippen LogP contribution in [0.5, 0.6) is 0 Å². The maximum atomic E-state index is 11.7. The van der Waals surface area contributed by atoms with E-state index in [9.17, 15) is 4.79 Å². The molecule has 1 unspecified atom stereocenters. The van der Waals surface area contributed by atoms with Gasteiger partial charge in [-0.25, -0.2) is 0 Å². The van der Waals surface area contributed by atoms with Crippen LogP contribution in [-0.2, 0) is 4.79 Å². The monoisotopic (exact) mass is 202 g/mol. The number of Topliss-reactive ketones (excluding diaryl/α,β-unsaturated/α-hetero) is 1. The maximum absolute atomic E-state index is 11.7. The van der Waals surface area contributed by atoms with Crippen LogP contribution in [0.25, 0.3) is 0 Å². The lowest BCUT2D eigenvalue weighted by atomic mass is 9.80. The first-order chi connectivity index (χ1) is 7.00. The van der Waals surface area contributed by atoms with Crippen molar-refractivity contribution in [1.29, 1.82) is 0 Å². The molecule has 0 aromatic rings. The fourth-order valence-corrected chi connectivity index (χ4v) is 3.75. The molecule has 0 fully saturated rings. The molecule has 15 heavy (non-hydrogen) atoms. The summed E-state index contributed by atoms with van der Waals surface area (Å²) in [4.78, 5) is 11.7. The van der Waals surface area contributed by atoms with E-state index in [1.54, 1.807) is 11.1 Å². The zero-order valence-corrected chi connectivity index (χ0v) is 9.81. The van der Waals surface area contributed by atoms with Crippen LogP contribution in [0.3, 0.4) is 0 Å². The van der Waals surface area contributed by atoms with E-state index in [1.165, 1.54) is 24.8 Å². The third-order valence-electron chi connectivity index (χ3n) is 4.51. The molecule has 80 valence electrons. The zero-order valence-electron chi connectivity index (χ0n) is 9.81. The zero-order chi connectivity index (χ0) is 10.8. The number of ketones is 1. The average molecular weight is 202 g/mol. The average Bonchev–Trinajstić information content (AvgIpc) is 2.71. The predicted molar refractivity (Wildman–Crippen MR) is 60.5 cm³/mol. The largest absolute Gasteiger partial charge is 0.295 e. The number of hydrogen-bond donors (Lipinski definition) is 0. The summed E-state index contributed by atoms with van der Waals surface area (Å²) in [5.41, 5.74) is 6.06. The van der Waals surface area contributed by atoms with E-state index in [0.717, 1.165) is 12.0 Å². The van der Waals surface area contributed by atoms with Gasteiger partial charge in [-0.05, 0) is 54.2 Å². The van der Waals surface area contributed by atoms with E-state index in [2.05, 4.69) is 13.8 Å². The van der Waals surface area contributed by atoms with E-state index in [4.69, 9.17) is 0 Å². The third kappa shape index (κ3) is 1.07. The van der Waals surface area contributed by atoms with Crippen LogP contribution in [0.2, 0.25) is 0 Å². The summed E-state index contributed by atoms with van der Waals surface area (Å²) >= 11 is 0. The molecule has 1 nitrogen and oxygen atoms in total. The van der Waals surface area contributed by atoms with E-state index < -0.39 is 0 Å². The third-order valence-corrected chi connectivity index (χ3v) is 4.51. The molecule has 0 amide bonds. The molecular formula is C14H18O. The van der Waals surface area contributed by atoms with Crippen LogP contribution in [0, 0.1) is 11.3 Å². The Labute approximate surface area is 91.2 Å². The van der Waals surface area contributed by atoms with Crippen molar-refractivity contribution in [2.24, 2.45) is 11.3 Å². The number of fused-ring (bicyclic) bond motifs is 2. The first-order valence-electron chi connectivity index (χ1n) is 5.97. The standard InChI is InChI=1S/C14H18O/c1-8-11(15)7-10-6-9-4-5-14(2,3)13(9)12(8)10/h10H,4-7H2,1-3H3. The summed E-state index contributed by atoms with van der Waals surface area (Å²) < 4.78 is 0. The van der Waals surface area contributed by atoms with Gasteiger partial charge in [0.15, 0.2) is 5.78 Å². The molecule has 3 aliphatic carbocycles. The summed E-state index contributed by atoms with van der Waals surface area (Å²) in [6, 6.07) is 0. The second-order valence-corrected chi connectivity index (χ2v) is 5.93. The Kier molecular flexibility index (Phi) is 1.65. The van der Waals surface area contributed by atoms with Crippen molar-refractivity contribution in [1.82, 2.24) is 0 Å². The highest BCUT2D eigenvalue weighted by molar-refractivity contribution is 6.00. The number of carbonyl (C=O) groups is 1. The molecule has 0 saturated carbocycles. The first kappa shape index (κ1) is 9.38. The normalized spacial score (nSPS) is 32.7. The van der Waals surface area contributed by atoms with Crippen LogP contribution in [0.4, 0.5) is 0 Å². The van der Waals surface area contributed by atoms with Gasteiger partial charge < -0.3 is 0 Å². The fraction of sp³-hybridized carbons (Fsp3) is 0.643. The molecule has 0 radical (unpaired) electrons. The van der Waals surface area contributed by atoms with E-state index in [-0.39, 0.29) is 0 Å². The van der Waals surface area contributed by atoms with Crippen molar-refractivity contribution in [3.63, 3.8) is 0 Å². The fourth-order valence-electron chi connectivity index (χ4n) is 3.75. The lowest BCUT2D eigenvalue weighted by Gasteiger charge is -2.24. The van der Waals surface area contributed by atoms with Crippen LogP contribution in [0.1, 0.15) is 46.5 Å². The van der Waals surface area contributed by atoms with Crippen LogP contribution in [0.15, 0.2) is 22.3 Å². The highest BCUT2D eigenvalue weighted by Gasteiger charge is 2.46. The highest BCUT2D eigenvalue weighted by Crippen LogP contribution is 2.57. The molecule has 0 saturated heterocycles. The Morgan fingerprint density at radius 2 is 2.00 bits per heavy atom. The number of rotatable bonds is 0. The van der Waals surface area contributed by atoms with Crippen LogP contribution < -0.4 is 0 Å². The second-order valence-electron chi connectivity index (χ2n) is 5.93. The van der Waals surface area contributed by atoms with Gasteiger partial charge in [-0.2, -0.15) is 0 Å². The van der Waals surface area contributed by atoms with Gasteiger partial charge in [0.2, 0.25) is 0 Å². The Morgan fingerprint density at radius 1 is 1.27 bits per heavy atom. The van der Waals surface area contributed by atoms with Crippen molar-refractivity contribution in [3.8, 4) is 0 Å². The van der Waals surface area contributed by atoms with Crippen molar-refractivity contribution in [3.05, 3.63) is 22.3 Å². The summed E-state index contributed by atoms with van der Waals surface area (Å²) in [5.74, 6) is 0.950. The van der Waals surface area contributed by atoms with E-state index in [1.807, 2.05) is 6.92 Å². The van der Waals surface area contributed by atoms with Gasteiger partial charge in [0.1, 0.15) is 0 Å². The Bertz CT molecular complexity index is 421. The second kappa shape index (κ2) is 2.63. The minimum absolute atomic E-state index is 0.325. The lowest BCUT2D eigenvalue weighted by Crippen LogP contribution is -2.12. The highest BCUT2D eigenvalue weighted by atomic mass is 16.1. The van der Waals surface area contributed by atoms with Gasteiger partial charge in [-0.3, -0.25) is 4.79 Å². The van der Waals surface area contributed by atoms with E-state index >= 15 is 0 Å². The molecule has 0 bridgehead atoms. The van der Waals surface area contributed by atoms with Crippen LogP contribution in [-0.4, -0.2) is 5.78 Å². The number of carbonyl (C=O) groups excluding carboxylic acids is 1. The van der Waals surface area contributed by atoms with Crippen molar-refractivity contribution in [2.75, 3.05) is 0 Å². The van der Waals surface area contributed by atoms with Gasteiger partial charge in [0.25, 0.3) is 0 Å². The van der Waals surface area contributed by atoms with Crippen LogP contribution >= 0.6 is 0 Å². The van der Waals surface area contributed by atoms with Crippen molar-refractivity contribution >= 4 is 5.78 Å². The molecule has 3 aliphatic rings. The summed E-state index contributed by atoms with van der Waals surface area (Å²) in [5, 5.41) is 0. The lowest BCUT2D eigenvalue weighted by molar-refractivity contribution is -0.115. The molecular weight excluding hydrogens is 184 g/mol. The minimum Gasteiger partial charge on any atom is -0.295 e. The smallest absolute Gasteiger partial charge is 0.159 e. The molecule has 0 aliphatic heterocycles. The van der Waals surface area contributed by atoms with Crippen molar-refractivity contribution in [2.45, 2.75) is 46.5 Å². The minimum atomic E-state index is 0.325. The Morgan fingerprint density at radius 3 is 2.73 bits per heavy atom. The SMILES string of the molecule is CC1=C2C3=C(CCC3(C)C)CC2CC1=O.